The fourth-order valence-corrected chi connectivity index (χ4v) is 6.31. The van der Waals surface area contributed by atoms with Crippen LogP contribution in [0.2, 0.25) is 0 Å². The second kappa shape index (κ2) is 12.4. The maximum absolute atomic E-state index is 13.5. The number of hydrogen-bond acceptors (Lipinski definition) is 5. The molecule has 1 aromatic heterocycles. The van der Waals surface area contributed by atoms with Crippen molar-refractivity contribution < 1.29 is 13.2 Å². The van der Waals surface area contributed by atoms with Crippen molar-refractivity contribution in [3.63, 3.8) is 0 Å². The molecule has 4 aromatic rings. The molecule has 0 saturated carbocycles. The lowest BCUT2D eigenvalue weighted by Gasteiger charge is -2.16. The summed E-state index contributed by atoms with van der Waals surface area (Å²) in [6, 6.07) is 26.1. The number of likely N-dealkylation sites (tertiary alicyclic amines) is 1. The fraction of sp³-hybridized carbons (Fsp3) is 0.250. The Kier molecular flexibility index (Phi) is 8.49. The Bertz CT molecular complexity index is 1510. The van der Waals surface area contributed by atoms with Crippen LogP contribution in [0.15, 0.2) is 102 Å². The minimum Gasteiger partial charge on any atom is -0.299 e. The number of carbonyl (C=O) groups is 1. The third kappa shape index (κ3) is 7.19. The Balaban J connectivity index is 1.26. The van der Waals surface area contributed by atoms with Gasteiger partial charge in [-0.25, -0.2) is 8.42 Å². The van der Waals surface area contributed by atoms with Gasteiger partial charge in [-0.1, -0.05) is 54.6 Å². The van der Waals surface area contributed by atoms with Gasteiger partial charge in [-0.15, -0.1) is 0 Å². The van der Waals surface area contributed by atoms with E-state index in [2.05, 4.69) is 26.7 Å². The average Bonchev–Trinajstić information content (AvgIpc) is 3.47. The van der Waals surface area contributed by atoms with Crippen molar-refractivity contribution in [2.24, 2.45) is 0 Å². The summed E-state index contributed by atoms with van der Waals surface area (Å²) >= 11 is 0. The van der Waals surface area contributed by atoms with Gasteiger partial charge in [-0.2, -0.15) is 0 Å². The minimum atomic E-state index is -3.84. The summed E-state index contributed by atoms with van der Waals surface area (Å²) in [5.74, 6) is 0.132. The largest absolute Gasteiger partial charge is 0.299 e. The number of aryl methyl sites for hydroxylation is 1. The van der Waals surface area contributed by atoms with E-state index in [1.807, 2.05) is 36.4 Å². The molecule has 0 spiro atoms. The van der Waals surface area contributed by atoms with E-state index in [4.69, 9.17) is 0 Å². The van der Waals surface area contributed by atoms with Gasteiger partial charge in [0, 0.05) is 43.0 Å². The van der Waals surface area contributed by atoms with E-state index in [0.717, 1.165) is 36.3 Å². The Morgan fingerprint density at radius 1 is 0.846 bits per heavy atom. The molecule has 1 aliphatic heterocycles. The third-order valence-corrected chi connectivity index (χ3v) is 8.48. The summed E-state index contributed by atoms with van der Waals surface area (Å²) in [5.41, 5.74) is 5.08. The van der Waals surface area contributed by atoms with Crippen molar-refractivity contribution >= 4 is 21.5 Å². The highest BCUT2D eigenvalue weighted by molar-refractivity contribution is 7.92. The SMILES string of the molecule is O=C(CCc1cccnc1)Cc1ccc(NS(=O)(=O)c2ccccc2-c2cccc(CN3CCCC3)c2)cc1. The maximum Gasteiger partial charge on any atom is 0.262 e. The number of carbonyl (C=O) groups excluding carboxylic acids is 1. The Morgan fingerprint density at radius 3 is 2.38 bits per heavy atom. The molecule has 5 rings (SSSR count). The van der Waals surface area contributed by atoms with E-state index in [1.165, 1.54) is 18.4 Å². The van der Waals surface area contributed by atoms with E-state index < -0.39 is 10.0 Å². The molecule has 1 fully saturated rings. The van der Waals surface area contributed by atoms with Gasteiger partial charge in [0.1, 0.15) is 5.78 Å². The van der Waals surface area contributed by atoms with Crippen molar-refractivity contribution in [1.29, 1.82) is 0 Å². The number of hydrogen-bond donors (Lipinski definition) is 1. The molecule has 39 heavy (non-hydrogen) atoms. The predicted molar refractivity (Wildman–Crippen MR) is 155 cm³/mol. The molecular formula is C32H33N3O3S. The van der Waals surface area contributed by atoms with Crippen LogP contribution in [0.3, 0.4) is 0 Å². The average molecular weight is 540 g/mol. The van der Waals surface area contributed by atoms with Crippen molar-refractivity contribution in [2.75, 3.05) is 17.8 Å². The number of nitrogens with zero attached hydrogens (tertiary/aromatic N) is 2. The zero-order valence-corrected chi connectivity index (χ0v) is 22.7. The van der Waals surface area contributed by atoms with Gasteiger partial charge in [0.25, 0.3) is 10.0 Å². The first-order chi connectivity index (χ1) is 19.0. The van der Waals surface area contributed by atoms with Gasteiger partial charge in [0.2, 0.25) is 0 Å². The quantitative estimate of drug-likeness (QED) is 0.257. The normalized spacial score (nSPS) is 13.8. The van der Waals surface area contributed by atoms with E-state index in [0.29, 0.717) is 30.5 Å². The van der Waals surface area contributed by atoms with Crippen molar-refractivity contribution in [3.8, 4) is 11.1 Å². The lowest BCUT2D eigenvalue weighted by atomic mass is 10.0. The Labute approximate surface area is 230 Å². The molecule has 0 aliphatic carbocycles. The van der Waals surface area contributed by atoms with E-state index in [-0.39, 0.29) is 10.7 Å². The second-order valence-electron chi connectivity index (χ2n) is 10.1. The van der Waals surface area contributed by atoms with Crippen LogP contribution in [0.25, 0.3) is 11.1 Å². The van der Waals surface area contributed by atoms with Gasteiger partial charge in [-0.05, 0) is 84.9 Å². The number of ketones is 1. The lowest BCUT2D eigenvalue weighted by molar-refractivity contribution is -0.118. The molecule has 0 unspecified atom stereocenters. The lowest BCUT2D eigenvalue weighted by Crippen LogP contribution is -2.18. The van der Waals surface area contributed by atoms with Crippen molar-refractivity contribution in [2.45, 2.75) is 43.5 Å². The molecule has 0 atom stereocenters. The predicted octanol–water partition coefficient (Wildman–Crippen LogP) is 5.89. The number of pyridine rings is 1. The molecule has 1 saturated heterocycles. The molecule has 3 aromatic carbocycles. The van der Waals surface area contributed by atoms with Gasteiger partial charge in [0.05, 0.1) is 4.90 Å². The molecule has 0 radical (unpaired) electrons. The maximum atomic E-state index is 13.5. The van der Waals surface area contributed by atoms with E-state index >= 15 is 0 Å². The topological polar surface area (TPSA) is 79.4 Å². The highest BCUT2D eigenvalue weighted by Crippen LogP contribution is 2.30. The van der Waals surface area contributed by atoms with Gasteiger partial charge in [0.15, 0.2) is 0 Å². The van der Waals surface area contributed by atoms with E-state index in [9.17, 15) is 13.2 Å². The molecule has 0 bridgehead atoms. The molecule has 200 valence electrons. The Hall–Kier alpha value is -3.81. The van der Waals surface area contributed by atoms with Crippen molar-refractivity contribution in [1.82, 2.24) is 9.88 Å². The zero-order chi connectivity index (χ0) is 27.1. The fourth-order valence-electron chi connectivity index (χ4n) is 5.02. The van der Waals surface area contributed by atoms with Crippen LogP contribution in [0, 0.1) is 0 Å². The number of nitrogens with one attached hydrogen (secondary N) is 1. The van der Waals surface area contributed by atoms with Crippen LogP contribution in [-0.4, -0.2) is 37.2 Å². The highest BCUT2D eigenvalue weighted by atomic mass is 32.2. The zero-order valence-electron chi connectivity index (χ0n) is 21.9. The van der Waals surface area contributed by atoms with Gasteiger partial charge < -0.3 is 0 Å². The van der Waals surface area contributed by atoms with Crippen LogP contribution < -0.4 is 4.72 Å². The minimum absolute atomic E-state index is 0.132. The van der Waals surface area contributed by atoms with Crippen molar-refractivity contribution in [3.05, 3.63) is 114 Å². The third-order valence-electron chi connectivity index (χ3n) is 7.04. The number of benzene rings is 3. The highest BCUT2D eigenvalue weighted by Gasteiger charge is 2.20. The van der Waals surface area contributed by atoms with Crippen LogP contribution in [-0.2, 0) is 34.2 Å². The molecule has 0 amide bonds. The number of anilines is 1. The van der Waals surface area contributed by atoms with Crippen LogP contribution >= 0.6 is 0 Å². The van der Waals surface area contributed by atoms with Gasteiger partial charge in [-0.3, -0.25) is 19.4 Å². The first-order valence-electron chi connectivity index (χ1n) is 13.4. The summed E-state index contributed by atoms with van der Waals surface area (Å²) in [6.45, 7) is 3.09. The molecule has 6 nitrogen and oxygen atoms in total. The molecule has 7 heteroatoms. The smallest absolute Gasteiger partial charge is 0.262 e. The number of Topliss-reactive ketones (excluding diaryl/α,β-unsaturated/α-hetero) is 1. The van der Waals surface area contributed by atoms with Crippen LogP contribution in [0.5, 0.6) is 0 Å². The number of aromatic nitrogens is 1. The molecular weight excluding hydrogens is 506 g/mol. The van der Waals surface area contributed by atoms with Crippen LogP contribution in [0.1, 0.15) is 36.0 Å². The first kappa shape index (κ1) is 26.8. The molecule has 2 heterocycles. The molecule has 1 aliphatic rings. The number of rotatable bonds is 11. The Morgan fingerprint density at radius 2 is 1.62 bits per heavy atom. The standard InChI is InChI=1S/C32H33N3O3S/c36-30(17-14-26-8-6-18-33-23-26)22-25-12-15-29(16-13-25)34-39(37,38)32-11-2-1-10-31(32)28-9-5-7-27(21-28)24-35-19-3-4-20-35/h1-2,5-13,15-16,18,21,23,34H,3-4,14,17,19-20,22,24H2. The monoisotopic (exact) mass is 539 g/mol. The number of sulfonamides is 1. The van der Waals surface area contributed by atoms with E-state index in [1.54, 1.807) is 48.8 Å². The summed E-state index contributed by atoms with van der Waals surface area (Å²) in [6.07, 6.45) is 7.36. The van der Waals surface area contributed by atoms with Gasteiger partial charge >= 0.3 is 0 Å². The summed E-state index contributed by atoms with van der Waals surface area (Å²) in [5, 5.41) is 0. The summed E-state index contributed by atoms with van der Waals surface area (Å²) < 4.78 is 29.6. The van der Waals surface area contributed by atoms with Crippen LogP contribution in [0.4, 0.5) is 5.69 Å². The first-order valence-corrected chi connectivity index (χ1v) is 14.9. The second-order valence-corrected chi connectivity index (χ2v) is 11.7. The molecule has 1 N–H and O–H groups in total. The summed E-state index contributed by atoms with van der Waals surface area (Å²) in [7, 11) is -3.84. The summed E-state index contributed by atoms with van der Waals surface area (Å²) in [4.78, 5) is 19.2.